The Morgan fingerprint density at radius 2 is 0.582 bits per heavy atom. The average Bonchev–Trinajstić information content (AvgIpc) is 3.33. The van der Waals surface area contributed by atoms with Crippen LogP contribution in [0.2, 0.25) is 0 Å². The monoisotopic (exact) mass is 937 g/mol. The second kappa shape index (κ2) is 55.7. The Hall–Kier alpha value is -2.89. The van der Waals surface area contributed by atoms with E-state index in [2.05, 4.69) is 81.5 Å². The Bertz CT molecular complexity index is 1210. The van der Waals surface area contributed by atoms with E-state index in [9.17, 15) is 14.4 Å². The predicted octanol–water partition coefficient (Wildman–Crippen LogP) is 19.2. The number of allylic oxidation sites excluding steroid dienone is 10. The number of hydrogen-bond acceptors (Lipinski definition) is 6. The third-order valence-corrected chi connectivity index (χ3v) is 12.5. The number of unbranched alkanes of at least 4 members (excludes halogenated alkanes) is 31. The van der Waals surface area contributed by atoms with Crippen molar-refractivity contribution in [3.8, 4) is 0 Å². The predicted molar refractivity (Wildman–Crippen MR) is 288 cm³/mol. The summed E-state index contributed by atoms with van der Waals surface area (Å²) >= 11 is 0. The quantitative estimate of drug-likeness (QED) is 0.0262. The number of hydrogen-bond donors (Lipinski definition) is 0. The number of ether oxygens (including phenoxy) is 3. The fourth-order valence-corrected chi connectivity index (χ4v) is 8.24. The normalized spacial score (nSPS) is 12.5. The van der Waals surface area contributed by atoms with Gasteiger partial charge in [0.25, 0.3) is 0 Å². The van der Waals surface area contributed by atoms with Crippen LogP contribution in [0.4, 0.5) is 0 Å². The molecular weight excluding hydrogens is 829 g/mol. The third-order valence-electron chi connectivity index (χ3n) is 12.5. The van der Waals surface area contributed by atoms with Crippen molar-refractivity contribution in [1.29, 1.82) is 0 Å². The fourth-order valence-electron chi connectivity index (χ4n) is 8.24. The average molecular weight is 938 g/mol. The lowest BCUT2D eigenvalue weighted by Gasteiger charge is -2.18. The van der Waals surface area contributed by atoms with Crippen molar-refractivity contribution in [3.05, 3.63) is 60.8 Å². The smallest absolute Gasteiger partial charge is 0.306 e. The van der Waals surface area contributed by atoms with Crippen molar-refractivity contribution in [2.75, 3.05) is 13.2 Å². The molecule has 0 radical (unpaired) electrons. The Labute approximate surface area is 415 Å². The van der Waals surface area contributed by atoms with E-state index in [0.717, 1.165) is 77.0 Å². The SMILES string of the molecule is CC/C=C\C/C=C\C/C=C\C/C=C\C/C=C\CCCC(=O)OC[C@H](COC(=O)CCCCCCCCCCCCC)OC(=O)CCCCCCCCCCCCCCCCCCCCCCC. The first kappa shape index (κ1) is 64.1. The topological polar surface area (TPSA) is 78.9 Å². The van der Waals surface area contributed by atoms with Crippen molar-refractivity contribution in [3.63, 3.8) is 0 Å². The standard InChI is InChI=1S/C61H108O6/c1-4-7-10-13-16-19-22-24-26-28-29-30-31-33-35-37-40-43-46-49-52-55-61(64)67-58(56-65-59(62)53-50-47-44-41-38-21-18-15-12-9-6-3)57-66-60(63)54-51-48-45-42-39-36-34-32-27-25-23-20-17-14-11-8-5-2/h8,11,17,20,25,27,34,36,42,45,58H,4-7,9-10,12-16,18-19,21-24,26,28-33,35,37-41,43-44,46-57H2,1-3H3/b11-8-,20-17-,27-25-,36-34-,45-42-/t58-/m0/s1. The molecule has 0 bridgehead atoms. The molecule has 0 spiro atoms. The minimum absolute atomic E-state index is 0.0881. The number of carbonyl (C=O) groups excluding carboxylic acids is 3. The molecule has 1 atom stereocenters. The van der Waals surface area contributed by atoms with Gasteiger partial charge in [-0.05, 0) is 57.8 Å². The lowest BCUT2D eigenvalue weighted by atomic mass is 10.0. The maximum atomic E-state index is 12.9. The summed E-state index contributed by atoms with van der Waals surface area (Å²) in [5, 5.41) is 0. The molecule has 0 rings (SSSR count). The van der Waals surface area contributed by atoms with Crippen molar-refractivity contribution in [2.45, 2.75) is 297 Å². The highest BCUT2D eigenvalue weighted by atomic mass is 16.6. The van der Waals surface area contributed by atoms with Crippen LogP contribution < -0.4 is 0 Å². The van der Waals surface area contributed by atoms with E-state index < -0.39 is 6.10 Å². The minimum Gasteiger partial charge on any atom is -0.462 e. The van der Waals surface area contributed by atoms with Gasteiger partial charge in [-0.3, -0.25) is 14.4 Å². The molecule has 0 aliphatic rings. The first-order valence-corrected chi connectivity index (χ1v) is 28.8. The van der Waals surface area contributed by atoms with E-state index in [1.165, 1.54) is 167 Å². The van der Waals surface area contributed by atoms with E-state index in [1.807, 2.05) is 0 Å². The van der Waals surface area contributed by atoms with Crippen LogP contribution >= 0.6 is 0 Å². The lowest BCUT2D eigenvalue weighted by Crippen LogP contribution is -2.30. The van der Waals surface area contributed by atoms with Gasteiger partial charge in [-0.2, -0.15) is 0 Å². The van der Waals surface area contributed by atoms with Crippen molar-refractivity contribution >= 4 is 17.9 Å². The number of rotatable bonds is 52. The zero-order chi connectivity index (χ0) is 48.6. The van der Waals surface area contributed by atoms with Gasteiger partial charge in [-0.1, -0.05) is 274 Å². The summed E-state index contributed by atoms with van der Waals surface area (Å²) in [7, 11) is 0. The number of esters is 3. The highest BCUT2D eigenvalue weighted by Crippen LogP contribution is 2.17. The van der Waals surface area contributed by atoms with E-state index in [-0.39, 0.29) is 37.5 Å². The molecule has 0 aliphatic heterocycles. The van der Waals surface area contributed by atoms with Crippen LogP contribution in [0.5, 0.6) is 0 Å². The summed E-state index contributed by atoms with van der Waals surface area (Å²) in [5.41, 5.74) is 0. The molecular formula is C61H108O6. The summed E-state index contributed by atoms with van der Waals surface area (Å²) in [6, 6.07) is 0. The van der Waals surface area contributed by atoms with Gasteiger partial charge in [0.2, 0.25) is 0 Å². The summed E-state index contributed by atoms with van der Waals surface area (Å²) in [4.78, 5) is 38.1. The molecule has 0 aliphatic carbocycles. The van der Waals surface area contributed by atoms with Crippen molar-refractivity contribution in [1.82, 2.24) is 0 Å². The molecule has 6 nitrogen and oxygen atoms in total. The molecule has 0 saturated heterocycles. The van der Waals surface area contributed by atoms with Gasteiger partial charge in [0.15, 0.2) is 6.10 Å². The van der Waals surface area contributed by atoms with E-state index in [0.29, 0.717) is 19.3 Å². The Balaban J connectivity index is 4.36. The number of carbonyl (C=O) groups is 3. The Morgan fingerprint density at radius 1 is 0.313 bits per heavy atom. The van der Waals surface area contributed by atoms with Gasteiger partial charge in [-0.15, -0.1) is 0 Å². The summed E-state index contributed by atoms with van der Waals surface area (Å²) in [5.74, 6) is -0.937. The molecule has 0 unspecified atom stereocenters. The molecule has 0 aromatic rings. The molecule has 0 heterocycles. The van der Waals surface area contributed by atoms with Crippen LogP contribution in [0.15, 0.2) is 60.8 Å². The van der Waals surface area contributed by atoms with Crippen LogP contribution in [0.3, 0.4) is 0 Å². The van der Waals surface area contributed by atoms with Crippen LogP contribution in [0.25, 0.3) is 0 Å². The maximum absolute atomic E-state index is 12.9. The molecule has 0 amide bonds. The second-order valence-electron chi connectivity index (χ2n) is 19.2. The first-order valence-electron chi connectivity index (χ1n) is 28.8. The van der Waals surface area contributed by atoms with Crippen LogP contribution in [-0.4, -0.2) is 37.2 Å². The maximum Gasteiger partial charge on any atom is 0.306 e. The molecule has 0 aromatic carbocycles. The van der Waals surface area contributed by atoms with Gasteiger partial charge in [0.1, 0.15) is 13.2 Å². The molecule has 6 heteroatoms. The second-order valence-corrected chi connectivity index (χ2v) is 19.2. The molecule has 0 saturated carbocycles. The van der Waals surface area contributed by atoms with Crippen LogP contribution in [0, 0.1) is 0 Å². The lowest BCUT2D eigenvalue weighted by molar-refractivity contribution is -0.167. The van der Waals surface area contributed by atoms with Crippen molar-refractivity contribution < 1.29 is 28.6 Å². The highest BCUT2D eigenvalue weighted by molar-refractivity contribution is 5.71. The van der Waals surface area contributed by atoms with Gasteiger partial charge < -0.3 is 14.2 Å². The van der Waals surface area contributed by atoms with Gasteiger partial charge in [0, 0.05) is 19.3 Å². The molecule has 0 fully saturated rings. The van der Waals surface area contributed by atoms with Crippen LogP contribution in [-0.2, 0) is 28.6 Å². The minimum atomic E-state index is -0.793. The summed E-state index contributed by atoms with van der Waals surface area (Å²) < 4.78 is 16.8. The highest BCUT2D eigenvalue weighted by Gasteiger charge is 2.19. The van der Waals surface area contributed by atoms with Crippen LogP contribution in [0.1, 0.15) is 290 Å². The third kappa shape index (κ3) is 53.9. The summed E-state index contributed by atoms with van der Waals surface area (Å²) in [6.45, 7) is 6.50. The van der Waals surface area contributed by atoms with Gasteiger partial charge >= 0.3 is 17.9 Å². The van der Waals surface area contributed by atoms with Crippen molar-refractivity contribution in [2.24, 2.45) is 0 Å². The largest absolute Gasteiger partial charge is 0.462 e. The van der Waals surface area contributed by atoms with E-state index in [4.69, 9.17) is 14.2 Å². The molecule has 67 heavy (non-hydrogen) atoms. The summed E-state index contributed by atoms with van der Waals surface area (Å²) in [6.07, 6.45) is 69.4. The molecule has 0 N–H and O–H groups in total. The van der Waals surface area contributed by atoms with E-state index in [1.54, 1.807) is 0 Å². The van der Waals surface area contributed by atoms with E-state index >= 15 is 0 Å². The zero-order valence-electron chi connectivity index (χ0n) is 44.4. The molecule has 0 aromatic heterocycles. The Kier molecular flexibility index (Phi) is 53.3. The van der Waals surface area contributed by atoms with Gasteiger partial charge in [0.05, 0.1) is 0 Å². The Morgan fingerprint density at radius 3 is 0.910 bits per heavy atom. The zero-order valence-corrected chi connectivity index (χ0v) is 44.4. The first-order chi connectivity index (χ1) is 33.0. The molecule has 388 valence electrons. The van der Waals surface area contributed by atoms with Gasteiger partial charge in [-0.25, -0.2) is 0 Å². The fraction of sp³-hybridized carbons (Fsp3) is 0.787.